The molecule has 0 aromatic carbocycles. The first kappa shape index (κ1) is 13.5. The minimum absolute atomic E-state index is 0.0377. The Balaban J connectivity index is 2.29. The Morgan fingerprint density at radius 1 is 1.44 bits per heavy atom. The van der Waals surface area contributed by atoms with Crippen molar-refractivity contribution in [3.8, 4) is 0 Å². The number of aromatic nitrogens is 2. The normalized spacial score (nSPS) is 13.3. The molecule has 0 saturated heterocycles. The van der Waals surface area contributed by atoms with E-state index in [1.807, 2.05) is 6.92 Å². The number of rotatable bonds is 7. The first-order chi connectivity index (χ1) is 7.63. The number of alkyl halides is 3. The Labute approximate surface area is 101 Å². The standard InChI is InChI=1S/C9H13BrF2N2O2/c1-2-6(10)9-14-13-8(16-9)3-4-15-5-7(11)12/h6-7H,2-5H2,1H3. The van der Waals surface area contributed by atoms with Crippen LogP contribution >= 0.6 is 15.9 Å². The van der Waals surface area contributed by atoms with Gasteiger partial charge >= 0.3 is 0 Å². The maximum atomic E-state index is 11.7. The molecule has 0 radical (unpaired) electrons. The molecule has 0 bridgehead atoms. The molecule has 0 aliphatic heterocycles. The predicted molar refractivity (Wildman–Crippen MR) is 56.8 cm³/mol. The molecule has 0 aliphatic carbocycles. The van der Waals surface area contributed by atoms with E-state index in [1.165, 1.54) is 0 Å². The lowest BCUT2D eigenvalue weighted by Crippen LogP contribution is -2.07. The third-order valence-corrected chi connectivity index (χ3v) is 2.85. The largest absolute Gasteiger partial charge is 0.424 e. The maximum Gasteiger partial charge on any atom is 0.261 e. The Kier molecular flexibility index (Phi) is 5.83. The molecule has 1 rings (SSSR count). The molecular weight excluding hydrogens is 286 g/mol. The molecule has 1 aromatic rings. The van der Waals surface area contributed by atoms with E-state index < -0.39 is 13.0 Å². The smallest absolute Gasteiger partial charge is 0.261 e. The van der Waals surface area contributed by atoms with E-state index in [1.54, 1.807) is 0 Å². The summed E-state index contributed by atoms with van der Waals surface area (Å²) in [5.74, 6) is 0.911. The van der Waals surface area contributed by atoms with Crippen LogP contribution in [0.3, 0.4) is 0 Å². The zero-order chi connectivity index (χ0) is 12.0. The number of nitrogens with zero attached hydrogens (tertiary/aromatic N) is 2. The highest BCUT2D eigenvalue weighted by Gasteiger charge is 2.13. The Bertz CT molecular complexity index is 309. The molecule has 1 unspecified atom stereocenters. The molecule has 0 saturated carbocycles. The van der Waals surface area contributed by atoms with Crippen molar-refractivity contribution in [2.24, 2.45) is 0 Å². The van der Waals surface area contributed by atoms with Crippen LogP contribution in [0.1, 0.15) is 30.0 Å². The summed E-state index contributed by atoms with van der Waals surface area (Å²) >= 11 is 3.37. The SMILES string of the molecule is CCC(Br)c1nnc(CCOCC(F)F)o1. The van der Waals surface area contributed by atoms with Gasteiger partial charge in [-0.2, -0.15) is 0 Å². The molecular formula is C9H13BrF2N2O2. The summed E-state index contributed by atoms with van der Waals surface area (Å²) in [6, 6.07) is 0. The van der Waals surface area contributed by atoms with Gasteiger partial charge in [0.1, 0.15) is 6.61 Å². The predicted octanol–water partition coefficient (Wildman–Crippen LogP) is 2.74. The summed E-state index contributed by atoms with van der Waals surface area (Å²) in [6.07, 6.45) is -1.25. The van der Waals surface area contributed by atoms with Crippen molar-refractivity contribution < 1.29 is 17.9 Å². The Hall–Kier alpha value is -0.560. The minimum atomic E-state index is -2.44. The average Bonchev–Trinajstić information content (AvgIpc) is 2.71. The third-order valence-electron chi connectivity index (χ3n) is 1.81. The second-order valence-electron chi connectivity index (χ2n) is 3.13. The molecule has 0 aliphatic rings. The third kappa shape index (κ3) is 4.52. The quantitative estimate of drug-likeness (QED) is 0.574. The van der Waals surface area contributed by atoms with Crippen LogP contribution < -0.4 is 0 Å². The van der Waals surface area contributed by atoms with Crippen LogP contribution in [0.25, 0.3) is 0 Å². The number of hydrogen-bond acceptors (Lipinski definition) is 4. The fourth-order valence-corrected chi connectivity index (χ4v) is 1.19. The average molecular weight is 299 g/mol. The van der Waals surface area contributed by atoms with Crippen LogP contribution in [0, 0.1) is 0 Å². The molecule has 16 heavy (non-hydrogen) atoms. The second-order valence-corrected chi connectivity index (χ2v) is 4.23. The molecule has 1 atom stereocenters. The summed E-state index contributed by atoms with van der Waals surface area (Å²) in [5.41, 5.74) is 0. The highest BCUT2D eigenvalue weighted by molar-refractivity contribution is 9.09. The molecule has 1 heterocycles. The number of ether oxygens (including phenoxy) is 1. The summed E-state index contributed by atoms with van der Waals surface area (Å²) in [7, 11) is 0. The van der Waals surface area contributed by atoms with Crippen molar-refractivity contribution in [2.75, 3.05) is 13.2 Å². The minimum Gasteiger partial charge on any atom is -0.424 e. The van der Waals surface area contributed by atoms with Crippen LogP contribution in [-0.4, -0.2) is 29.8 Å². The van der Waals surface area contributed by atoms with Gasteiger partial charge < -0.3 is 9.15 Å². The first-order valence-corrected chi connectivity index (χ1v) is 5.87. The van der Waals surface area contributed by atoms with Crippen molar-refractivity contribution in [3.63, 3.8) is 0 Å². The lowest BCUT2D eigenvalue weighted by atomic mass is 10.3. The van der Waals surface area contributed by atoms with E-state index >= 15 is 0 Å². The van der Waals surface area contributed by atoms with E-state index in [0.717, 1.165) is 6.42 Å². The van der Waals surface area contributed by atoms with E-state index in [0.29, 0.717) is 18.2 Å². The summed E-state index contributed by atoms with van der Waals surface area (Å²) in [4.78, 5) is 0.0377. The monoisotopic (exact) mass is 298 g/mol. The van der Waals surface area contributed by atoms with Crippen molar-refractivity contribution >= 4 is 15.9 Å². The first-order valence-electron chi connectivity index (χ1n) is 4.95. The molecule has 0 spiro atoms. The molecule has 0 amide bonds. The van der Waals surface area contributed by atoms with E-state index in [9.17, 15) is 8.78 Å². The molecule has 92 valence electrons. The van der Waals surface area contributed by atoms with E-state index in [2.05, 4.69) is 26.1 Å². The summed E-state index contributed by atoms with van der Waals surface area (Å²) in [5, 5.41) is 7.62. The molecule has 4 nitrogen and oxygen atoms in total. The van der Waals surface area contributed by atoms with Crippen LogP contribution in [0.4, 0.5) is 8.78 Å². The van der Waals surface area contributed by atoms with Crippen LogP contribution in [0.5, 0.6) is 0 Å². The topological polar surface area (TPSA) is 48.2 Å². The van der Waals surface area contributed by atoms with E-state index in [4.69, 9.17) is 9.15 Å². The summed E-state index contributed by atoms with van der Waals surface area (Å²) < 4.78 is 33.5. The van der Waals surface area contributed by atoms with Gasteiger partial charge in [0.2, 0.25) is 11.8 Å². The van der Waals surface area contributed by atoms with E-state index in [-0.39, 0.29) is 11.4 Å². The lowest BCUT2D eigenvalue weighted by molar-refractivity contribution is 0.0173. The Morgan fingerprint density at radius 2 is 2.19 bits per heavy atom. The molecule has 1 aromatic heterocycles. The molecule has 0 fully saturated rings. The van der Waals surface area contributed by atoms with Crippen molar-refractivity contribution in [2.45, 2.75) is 31.0 Å². The van der Waals surface area contributed by atoms with Gasteiger partial charge in [0.15, 0.2) is 0 Å². The zero-order valence-corrected chi connectivity index (χ0v) is 10.4. The fraction of sp³-hybridized carbons (Fsp3) is 0.778. The van der Waals surface area contributed by atoms with Crippen LogP contribution in [-0.2, 0) is 11.2 Å². The van der Waals surface area contributed by atoms with Crippen molar-refractivity contribution in [1.82, 2.24) is 10.2 Å². The van der Waals surface area contributed by atoms with Gasteiger partial charge in [-0.25, -0.2) is 8.78 Å². The van der Waals surface area contributed by atoms with Crippen LogP contribution in [0.15, 0.2) is 4.42 Å². The molecule has 7 heteroatoms. The summed E-state index contributed by atoms with van der Waals surface area (Å²) in [6.45, 7) is 1.58. The fourth-order valence-electron chi connectivity index (χ4n) is 1.00. The van der Waals surface area contributed by atoms with Gasteiger partial charge in [0.05, 0.1) is 11.4 Å². The lowest BCUT2D eigenvalue weighted by Gasteiger charge is -2.00. The van der Waals surface area contributed by atoms with Gasteiger partial charge in [0.25, 0.3) is 6.43 Å². The van der Waals surface area contributed by atoms with Crippen molar-refractivity contribution in [1.29, 1.82) is 0 Å². The second kappa shape index (κ2) is 6.90. The highest BCUT2D eigenvalue weighted by atomic mass is 79.9. The van der Waals surface area contributed by atoms with Crippen molar-refractivity contribution in [3.05, 3.63) is 11.8 Å². The van der Waals surface area contributed by atoms with Gasteiger partial charge in [-0.05, 0) is 6.42 Å². The number of halogens is 3. The van der Waals surface area contributed by atoms with Gasteiger partial charge in [-0.3, -0.25) is 0 Å². The van der Waals surface area contributed by atoms with Gasteiger partial charge in [0, 0.05) is 6.42 Å². The van der Waals surface area contributed by atoms with Gasteiger partial charge in [-0.15, -0.1) is 10.2 Å². The van der Waals surface area contributed by atoms with Gasteiger partial charge in [-0.1, -0.05) is 22.9 Å². The molecule has 0 N–H and O–H groups in total. The maximum absolute atomic E-state index is 11.7. The number of hydrogen-bond donors (Lipinski definition) is 0. The highest BCUT2D eigenvalue weighted by Crippen LogP contribution is 2.24. The zero-order valence-electron chi connectivity index (χ0n) is 8.83. The van der Waals surface area contributed by atoms with Crippen LogP contribution in [0.2, 0.25) is 0 Å². The Morgan fingerprint density at radius 3 is 2.81 bits per heavy atom.